The number of carboxylic acid groups (broad SMARTS) is 1. The van der Waals surface area contributed by atoms with Crippen LogP contribution < -0.4 is 10.1 Å². The van der Waals surface area contributed by atoms with Gasteiger partial charge in [0.25, 0.3) is 0 Å². The Morgan fingerprint density at radius 3 is 2.59 bits per heavy atom. The summed E-state index contributed by atoms with van der Waals surface area (Å²) in [5, 5.41) is 11.5. The van der Waals surface area contributed by atoms with E-state index in [0.717, 1.165) is 42.6 Å². The van der Waals surface area contributed by atoms with Crippen molar-refractivity contribution in [3.8, 4) is 5.75 Å². The average Bonchev–Trinajstić information content (AvgIpc) is 2.98. The van der Waals surface area contributed by atoms with E-state index in [1.165, 1.54) is 0 Å². The summed E-state index contributed by atoms with van der Waals surface area (Å²) in [6, 6.07) is 5.90. The first-order chi connectivity index (χ1) is 10.5. The molecule has 0 aliphatic heterocycles. The molecule has 1 saturated carbocycles. The number of aliphatic carboxylic acids is 1. The van der Waals surface area contributed by atoms with Gasteiger partial charge in [-0.3, -0.25) is 9.59 Å². The Morgan fingerprint density at radius 2 is 2.00 bits per heavy atom. The van der Waals surface area contributed by atoms with E-state index in [2.05, 4.69) is 5.32 Å². The van der Waals surface area contributed by atoms with E-state index in [1.807, 2.05) is 25.1 Å². The summed E-state index contributed by atoms with van der Waals surface area (Å²) >= 11 is 0. The van der Waals surface area contributed by atoms with Crippen LogP contribution in [0.25, 0.3) is 0 Å². The summed E-state index contributed by atoms with van der Waals surface area (Å²) in [5.74, 6) is -0.197. The molecule has 120 valence electrons. The highest BCUT2D eigenvalue weighted by Crippen LogP contribution is 2.42. The molecule has 5 heteroatoms. The maximum atomic E-state index is 12.7. The van der Waals surface area contributed by atoms with Gasteiger partial charge in [-0.25, -0.2) is 0 Å². The minimum atomic E-state index is -0.905. The first-order valence-electron chi connectivity index (χ1n) is 7.65. The highest BCUT2D eigenvalue weighted by Gasteiger charge is 2.42. The maximum Gasteiger partial charge on any atom is 0.305 e. The van der Waals surface area contributed by atoms with Crippen molar-refractivity contribution < 1.29 is 19.4 Å². The second kappa shape index (κ2) is 6.81. The van der Waals surface area contributed by atoms with Crippen molar-refractivity contribution in [2.24, 2.45) is 0 Å². The highest BCUT2D eigenvalue weighted by molar-refractivity contribution is 5.89. The van der Waals surface area contributed by atoms with Gasteiger partial charge in [-0.15, -0.1) is 0 Å². The number of nitrogens with one attached hydrogen (secondary N) is 1. The molecule has 0 heterocycles. The van der Waals surface area contributed by atoms with Crippen molar-refractivity contribution >= 4 is 11.9 Å². The third-order valence-electron chi connectivity index (χ3n) is 4.48. The van der Waals surface area contributed by atoms with Crippen LogP contribution in [0.3, 0.4) is 0 Å². The molecule has 0 spiro atoms. The molecule has 2 rings (SSSR count). The van der Waals surface area contributed by atoms with Crippen LogP contribution in [0.1, 0.15) is 43.2 Å². The normalized spacial score (nSPS) is 16.3. The Bertz CT molecular complexity index is 562. The zero-order chi connectivity index (χ0) is 16.2. The zero-order valence-electron chi connectivity index (χ0n) is 13.1. The number of ether oxygens (including phenoxy) is 1. The largest absolute Gasteiger partial charge is 0.496 e. The fourth-order valence-corrected chi connectivity index (χ4v) is 3.20. The number of benzene rings is 1. The van der Waals surface area contributed by atoms with E-state index in [0.29, 0.717) is 0 Å². The van der Waals surface area contributed by atoms with Crippen LogP contribution in [0.5, 0.6) is 5.75 Å². The van der Waals surface area contributed by atoms with Crippen LogP contribution >= 0.6 is 0 Å². The quantitative estimate of drug-likeness (QED) is 0.846. The molecule has 0 saturated heterocycles. The van der Waals surface area contributed by atoms with E-state index in [1.54, 1.807) is 7.11 Å². The Kier molecular flexibility index (Phi) is 5.06. The van der Waals surface area contributed by atoms with E-state index >= 15 is 0 Å². The van der Waals surface area contributed by atoms with Crippen molar-refractivity contribution in [2.45, 2.75) is 44.4 Å². The van der Waals surface area contributed by atoms with Crippen molar-refractivity contribution in [1.82, 2.24) is 5.32 Å². The minimum absolute atomic E-state index is 0.0565. The van der Waals surface area contributed by atoms with Gasteiger partial charge in [-0.2, -0.15) is 0 Å². The Morgan fingerprint density at radius 1 is 1.32 bits per heavy atom. The predicted molar refractivity (Wildman–Crippen MR) is 83.1 cm³/mol. The van der Waals surface area contributed by atoms with Gasteiger partial charge in [0.2, 0.25) is 5.91 Å². The number of amides is 1. The number of methoxy groups -OCH3 is 1. The Labute approximate surface area is 130 Å². The lowest BCUT2D eigenvalue weighted by atomic mass is 9.77. The molecule has 2 N–H and O–H groups in total. The van der Waals surface area contributed by atoms with E-state index in [4.69, 9.17) is 9.84 Å². The molecule has 0 aromatic heterocycles. The first-order valence-corrected chi connectivity index (χ1v) is 7.65. The van der Waals surface area contributed by atoms with Crippen LogP contribution in [0.15, 0.2) is 18.2 Å². The number of carbonyl (C=O) groups is 2. The van der Waals surface area contributed by atoms with Gasteiger partial charge in [0.15, 0.2) is 0 Å². The van der Waals surface area contributed by atoms with Crippen molar-refractivity contribution in [3.63, 3.8) is 0 Å². The molecule has 22 heavy (non-hydrogen) atoms. The molecule has 1 aromatic carbocycles. The number of aryl methyl sites for hydroxylation is 1. The minimum Gasteiger partial charge on any atom is -0.496 e. The van der Waals surface area contributed by atoms with Crippen molar-refractivity contribution in [3.05, 3.63) is 29.3 Å². The molecule has 0 unspecified atom stereocenters. The van der Waals surface area contributed by atoms with Crippen molar-refractivity contribution in [1.29, 1.82) is 0 Å². The van der Waals surface area contributed by atoms with Crippen LogP contribution in [-0.4, -0.2) is 30.6 Å². The standard InChI is InChI=1S/C17H23NO4/c1-12-5-6-13(11-14(12)22-2)17(8-3-4-9-17)16(21)18-10-7-15(19)20/h5-6,11H,3-4,7-10H2,1-2H3,(H,18,21)(H,19,20). The fourth-order valence-electron chi connectivity index (χ4n) is 3.20. The number of hydrogen-bond donors (Lipinski definition) is 2. The summed E-state index contributed by atoms with van der Waals surface area (Å²) in [5.41, 5.74) is 1.44. The van der Waals surface area contributed by atoms with Crippen LogP contribution in [0.2, 0.25) is 0 Å². The van der Waals surface area contributed by atoms with Crippen LogP contribution in [0, 0.1) is 6.92 Å². The second-order valence-corrected chi connectivity index (χ2v) is 5.87. The number of hydrogen-bond acceptors (Lipinski definition) is 3. The van der Waals surface area contributed by atoms with Gasteiger partial charge in [-0.1, -0.05) is 25.0 Å². The second-order valence-electron chi connectivity index (χ2n) is 5.87. The molecule has 1 aliphatic carbocycles. The molecular weight excluding hydrogens is 282 g/mol. The van der Waals surface area contributed by atoms with Gasteiger partial charge in [0, 0.05) is 6.54 Å². The summed E-state index contributed by atoms with van der Waals surface area (Å²) in [7, 11) is 1.63. The lowest BCUT2D eigenvalue weighted by Gasteiger charge is -2.29. The number of carbonyl (C=O) groups excluding carboxylic acids is 1. The van der Waals surface area contributed by atoms with E-state index in [-0.39, 0.29) is 18.9 Å². The van der Waals surface area contributed by atoms with Crippen molar-refractivity contribution in [2.75, 3.05) is 13.7 Å². The van der Waals surface area contributed by atoms with Gasteiger partial charge in [0.05, 0.1) is 18.9 Å². The molecule has 0 bridgehead atoms. The summed E-state index contributed by atoms with van der Waals surface area (Å²) in [4.78, 5) is 23.3. The van der Waals surface area contributed by atoms with E-state index in [9.17, 15) is 9.59 Å². The van der Waals surface area contributed by atoms with Crippen LogP contribution in [-0.2, 0) is 15.0 Å². The Hall–Kier alpha value is -2.04. The summed E-state index contributed by atoms with van der Waals surface area (Å²) < 4.78 is 5.37. The molecular formula is C17H23NO4. The maximum absolute atomic E-state index is 12.7. The predicted octanol–water partition coefficient (Wildman–Crippen LogP) is 2.41. The smallest absolute Gasteiger partial charge is 0.305 e. The third kappa shape index (κ3) is 3.24. The SMILES string of the molecule is COc1cc(C2(C(=O)NCCC(=O)O)CCCC2)ccc1C. The van der Waals surface area contributed by atoms with E-state index < -0.39 is 11.4 Å². The monoisotopic (exact) mass is 305 g/mol. The van der Waals surface area contributed by atoms with Gasteiger partial charge in [-0.05, 0) is 37.0 Å². The molecule has 1 aliphatic rings. The molecule has 0 radical (unpaired) electrons. The summed E-state index contributed by atoms with van der Waals surface area (Å²) in [6.45, 7) is 2.13. The lowest BCUT2D eigenvalue weighted by molar-refractivity contribution is -0.137. The van der Waals surface area contributed by atoms with Gasteiger partial charge in [0.1, 0.15) is 5.75 Å². The number of rotatable bonds is 6. The van der Waals surface area contributed by atoms with Gasteiger partial charge < -0.3 is 15.2 Å². The lowest BCUT2D eigenvalue weighted by Crippen LogP contribution is -2.43. The zero-order valence-corrected chi connectivity index (χ0v) is 13.1. The molecule has 1 amide bonds. The average molecular weight is 305 g/mol. The molecule has 5 nitrogen and oxygen atoms in total. The topological polar surface area (TPSA) is 75.6 Å². The summed E-state index contributed by atoms with van der Waals surface area (Å²) in [6.07, 6.45) is 3.53. The van der Waals surface area contributed by atoms with Crippen LogP contribution in [0.4, 0.5) is 0 Å². The molecule has 0 atom stereocenters. The molecule has 1 fully saturated rings. The Balaban J connectivity index is 2.24. The fraction of sp³-hybridized carbons (Fsp3) is 0.529. The first kappa shape index (κ1) is 16.3. The number of carboxylic acids is 1. The molecule has 1 aromatic rings. The van der Waals surface area contributed by atoms with Gasteiger partial charge >= 0.3 is 5.97 Å². The highest BCUT2D eigenvalue weighted by atomic mass is 16.5. The third-order valence-corrected chi connectivity index (χ3v) is 4.48.